The highest BCUT2D eigenvalue weighted by molar-refractivity contribution is 7.99. The highest BCUT2D eigenvalue weighted by atomic mass is 32.2. The predicted octanol–water partition coefficient (Wildman–Crippen LogP) is 4.38. The van der Waals surface area contributed by atoms with Crippen LogP contribution in [0.15, 0.2) is 42.5 Å². The standard InChI is InChI=1S/C22H29NO3S/c1-16-12-20(25-3)21(26-4)13-19(16)14-27-15-22(24)23-17(2)10-11-18-8-6-5-7-9-18/h5-9,12-13,17H,10-11,14-15H2,1-4H3,(H,23,24)/t17-/m1/s1. The number of hydrogen-bond donors (Lipinski definition) is 1. The third-order valence-electron chi connectivity index (χ3n) is 4.45. The summed E-state index contributed by atoms with van der Waals surface area (Å²) >= 11 is 1.61. The van der Waals surface area contributed by atoms with Crippen LogP contribution in [0, 0.1) is 6.92 Å². The van der Waals surface area contributed by atoms with Gasteiger partial charge in [0.25, 0.3) is 0 Å². The highest BCUT2D eigenvalue weighted by Gasteiger charge is 2.11. The summed E-state index contributed by atoms with van der Waals surface area (Å²) in [6.07, 6.45) is 1.91. The van der Waals surface area contributed by atoms with E-state index in [4.69, 9.17) is 9.47 Å². The highest BCUT2D eigenvalue weighted by Crippen LogP contribution is 2.31. The van der Waals surface area contributed by atoms with Gasteiger partial charge in [-0.1, -0.05) is 30.3 Å². The molecule has 146 valence electrons. The molecular weight excluding hydrogens is 358 g/mol. The van der Waals surface area contributed by atoms with Crippen molar-refractivity contribution >= 4 is 17.7 Å². The van der Waals surface area contributed by atoms with E-state index in [0.717, 1.165) is 41.2 Å². The Morgan fingerprint density at radius 1 is 1.11 bits per heavy atom. The number of rotatable bonds is 10. The largest absolute Gasteiger partial charge is 0.493 e. The molecule has 0 fully saturated rings. The number of amides is 1. The van der Waals surface area contributed by atoms with Crippen LogP contribution in [0.1, 0.15) is 30.0 Å². The monoisotopic (exact) mass is 387 g/mol. The summed E-state index contributed by atoms with van der Waals surface area (Å²) in [7, 11) is 3.27. The Kier molecular flexibility index (Phi) is 8.52. The summed E-state index contributed by atoms with van der Waals surface area (Å²) in [6, 6.07) is 14.5. The minimum Gasteiger partial charge on any atom is -0.493 e. The molecule has 1 N–H and O–H groups in total. The molecular formula is C22H29NO3S. The number of aryl methyl sites for hydroxylation is 2. The zero-order valence-corrected chi connectivity index (χ0v) is 17.4. The predicted molar refractivity (Wildman–Crippen MR) is 113 cm³/mol. The number of thioether (sulfide) groups is 1. The first-order valence-electron chi connectivity index (χ1n) is 9.16. The van der Waals surface area contributed by atoms with Gasteiger partial charge in [-0.2, -0.15) is 0 Å². The summed E-state index contributed by atoms with van der Waals surface area (Å²) in [5.41, 5.74) is 3.59. The quantitative estimate of drug-likeness (QED) is 0.657. The summed E-state index contributed by atoms with van der Waals surface area (Å²) in [5, 5.41) is 3.09. The first-order valence-corrected chi connectivity index (χ1v) is 10.3. The van der Waals surface area contributed by atoms with Gasteiger partial charge in [0.05, 0.1) is 20.0 Å². The summed E-state index contributed by atoms with van der Waals surface area (Å²) in [4.78, 5) is 12.2. The van der Waals surface area contributed by atoms with Crippen molar-refractivity contribution in [1.29, 1.82) is 0 Å². The lowest BCUT2D eigenvalue weighted by Crippen LogP contribution is -2.34. The van der Waals surface area contributed by atoms with E-state index in [2.05, 4.69) is 24.4 Å². The molecule has 0 aromatic heterocycles. The van der Waals surface area contributed by atoms with Crippen LogP contribution in [0.5, 0.6) is 11.5 Å². The van der Waals surface area contributed by atoms with Gasteiger partial charge in [-0.3, -0.25) is 4.79 Å². The van der Waals surface area contributed by atoms with Gasteiger partial charge in [0.15, 0.2) is 11.5 Å². The molecule has 2 rings (SSSR count). The van der Waals surface area contributed by atoms with Crippen molar-refractivity contribution in [2.24, 2.45) is 0 Å². The second-order valence-electron chi connectivity index (χ2n) is 6.62. The molecule has 0 bridgehead atoms. The van der Waals surface area contributed by atoms with E-state index in [0.29, 0.717) is 5.75 Å². The molecule has 0 unspecified atom stereocenters. The van der Waals surface area contributed by atoms with Crippen LogP contribution in [0.3, 0.4) is 0 Å². The van der Waals surface area contributed by atoms with Gasteiger partial charge >= 0.3 is 0 Å². The minimum atomic E-state index is 0.0821. The third kappa shape index (κ3) is 6.83. The molecule has 0 aliphatic rings. The van der Waals surface area contributed by atoms with Gasteiger partial charge in [0.1, 0.15) is 0 Å². The normalized spacial score (nSPS) is 11.7. The Labute approximate surface area is 166 Å². The van der Waals surface area contributed by atoms with Crippen molar-refractivity contribution in [3.05, 3.63) is 59.2 Å². The lowest BCUT2D eigenvalue weighted by atomic mass is 10.1. The van der Waals surface area contributed by atoms with Crippen molar-refractivity contribution in [3.8, 4) is 11.5 Å². The number of methoxy groups -OCH3 is 2. The fraction of sp³-hybridized carbons (Fsp3) is 0.409. The van der Waals surface area contributed by atoms with E-state index in [1.54, 1.807) is 26.0 Å². The number of ether oxygens (including phenoxy) is 2. The molecule has 0 saturated heterocycles. The molecule has 27 heavy (non-hydrogen) atoms. The molecule has 4 nitrogen and oxygen atoms in total. The van der Waals surface area contributed by atoms with Crippen LogP contribution in [0.4, 0.5) is 0 Å². The number of carbonyl (C=O) groups excluding carboxylic acids is 1. The topological polar surface area (TPSA) is 47.6 Å². The Hall–Kier alpha value is -2.14. The van der Waals surface area contributed by atoms with Gasteiger partial charge in [-0.05, 0) is 55.5 Å². The number of hydrogen-bond acceptors (Lipinski definition) is 4. The number of carbonyl (C=O) groups is 1. The van der Waals surface area contributed by atoms with Gasteiger partial charge in [-0.15, -0.1) is 11.8 Å². The Morgan fingerprint density at radius 3 is 2.44 bits per heavy atom. The molecule has 0 heterocycles. The van der Waals surface area contributed by atoms with E-state index < -0.39 is 0 Å². The molecule has 0 aliphatic carbocycles. The van der Waals surface area contributed by atoms with E-state index in [9.17, 15) is 4.79 Å². The van der Waals surface area contributed by atoms with Crippen molar-refractivity contribution in [1.82, 2.24) is 5.32 Å². The minimum absolute atomic E-state index is 0.0821. The number of benzene rings is 2. The van der Waals surface area contributed by atoms with Crippen molar-refractivity contribution in [2.75, 3.05) is 20.0 Å². The zero-order chi connectivity index (χ0) is 19.6. The second-order valence-corrected chi connectivity index (χ2v) is 7.60. The molecule has 2 aromatic rings. The Morgan fingerprint density at radius 2 is 1.78 bits per heavy atom. The Bertz CT molecular complexity index is 734. The molecule has 0 spiro atoms. The smallest absolute Gasteiger partial charge is 0.230 e. The van der Waals surface area contributed by atoms with Crippen molar-refractivity contribution in [3.63, 3.8) is 0 Å². The van der Waals surface area contributed by atoms with Gasteiger partial charge in [0.2, 0.25) is 5.91 Å². The van der Waals surface area contributed by atoms with Crippen LogP contribution >= 0.6 is 11.8 Å². The van der Waals surface area contributed by atoms with E-state index >= 15 is 0 Å². The van der Waals surface area contributed by atoms with Gasteiger partial charge in [0, 0.05) is 11.8 Å². The van der Waals surface area contributed by atoms with E-state index in [-0.39, 0.29) is 11.9 Å². The molecule has 1 atom stereocenters. The average molecular weight is 388 g/mol. The lowest BCUT2D eigenvalue weighted by Gasteiger charge is -2.15. The van der Waals surface area contributed by atoms with Crippen molar-refractivity contribution in [2.45, 2.75) is 38.5 Å². The van der Waals surface area contributed by atoms with Crippen LogP contribution in [-0.4, -0.2) is 31.9 Å². The van der Waals surface area contributed by atoms with Crippen LogP contribution in [0.2, 0.25) is 0 Å². The summed E-state index contributed by atoms with van der Waals surface area (Å²) < 4.78 is 10.7. The SMILES string of the molecule is COc1cc(C)c(CSCC(=O)N[C@H](C)CCc2ccccc2)cc1OC. The molecule has 0 saturated carbocycles. The van der Waals surface area contributed by atoms with Gasteiger partial charge in [-0.25, -0.2) is 0 Å². The zero-order valence-electron chi connectivity index (χ0n) is 16.6. The molecule has 5 heteroatoms. The van der Waals surface area contributed by atoms with Crippen LogP contribution in [0.25, 0.3) is 0 Å². The van der Waals surface area contributed by atoms with Crippen LogP contribution < -0.4 is 14.8 Å². The molecule has 1 amide bonds. The molecule has 0 radical (unpaired) electrons. The molecule has 0 aliphatic heterocycles. The third-order valence-corrected chi connectivity index (χ3v) is 5.43. The fourth-order valence-corrected chi connectivity index (χ4v) is 3.75. The second kappa shape index (κ2) is 10.9. The van der Waals surface area contributed by atoms with Crippen LogP contribution in [-0.2, 0) is 17.0 Å². The number of nitrogens with one attached hydrogen (secondary N) is 1. The molecule has 2 aromatic carbocycles. The Balaban J connectivity index is 1.75. The summed E-state index contributed by atoms with van der Waals surface area (Å²) in [5.74, 6) is 2.74. The van der Waals surface area contributed by atoms with E-state index in [1.165, 1.54) is 5.56 Å². The summed E-state index contributed by atoms with van der Waals surface area (Å²) in [6.45, 7) is 4.10. The fourth-order valence-electron chi connectivity index (χ4n) is 2.85. The maximum absolute atomic E-state index is 12.2. The first kappa shape index (κ1) is 21.2. The van der Waals surface area contributed by atoms with E-state index in [1.807, 2.05) is 37.3 Å². The average Bonchev–Trinajstić information content (AvgIpc) is 2.68. The van der Waals surface area contributed by atoms with Gasteiger partial charge < -0.3 is 14.8 Å². The van der Waals surface area contributed by atoms with Crippen molar-refractivity contribution < 1.29 is 14.3 Å². The lowest BCUT2D eigenvalue weighted by molar-refractivity contribution is -0.119. The maximum Gasteiger partial charge on any atom is 0.230 e. The first-order chi connectivity index (χ1) is 13.0. The maximum atomic E-state index is 12.2.